The molecular formula is C11H12N2O. The van der Waals surface area contributed by atoms with Crippen molar-refractivity contribution in [2.75, 3.05) is 0 Å². The molecule has 0 aliphatic rings. The lowest BCUT2D eigenvalue weighted by atomic mass is 10.2. The van der Waals surface area contributed by atoms with Crippen LogP contribution < -0.4 is 0 Å². The van der Waals surface area contributed by atoms with Crippen molar-refractivity contribution in [2.24, 2.45) is 0 Å². The summed E-state index contributed by atoms with van der Waals surface area (Å²) in [6.45, 7) is 5.70. The van der Waals surface area contributed by atoms with Crippen molar-refractivity contribution >= 4 is 11.0 Å². The lowest BCUT2D eigenvalue weighted by molar-refractivity contribution is 0.472. The second-order valence-corrected chi connectivity index (χ2v) is 3.52. The standard InChI is InChI=1S/C11H12N2O/c1-6-4-9-10(5-11(6)14)13-8(3)7(2)12-9/h4-5,14H,1-3H3. The summed E-state index contributed by atoms with van der Waals surface area (Å²) in [5, 5.41) is 9.51. The van der Waals surface area contributed by atoms with Crippen LogP contribution in [0.2, 0.25) is 0 Å². The van der Waals surface area contributed by atoms with Crippen molar-refractivity contribution in [3.8, 4) is 5.75 Å². The van der Waals surface area contributed by atoms with Crippen LogP contribution in [0.5, 0.6) is 5.75 Å². The SMILES string of the molecule is Cc1cc2nc(C)c(C)nc2cc1O. The number of nitrogens with zero attached hydrogens (tertiary/aromatic N) is 2. The van der Waals surface area contributed by atoms with Gasteiger partial charge < -0.3 is 5.11 Å². The molecule has 0 saturated carbocycles. The van der Waals surface area contributed by atoms with Crippen LogP contribution in [0.15, 0.2) is 12.1 Å². The van der Waals surface area contributed by atoms with E-state index in [4.69, 9.17) is 0 Å². The molecule has 2 aromatic rings. The van der Waals surface area contributed by atoms with Crippen LogP contribution in [0.25, 0.3) is 11.0 Å². The van der Waals surface area contributed by atoms with Crippen LogP contribution in [0.4, 0.5) is 0 Å². The largest absolute Gasteiger partial charge is 0.508 e. The van der Waals surface area contributed by atoms with E-state index in [9.17, 15) is 5.11 Å². The van der Waals surface area contributed by atoms with E-state index in [1.54, 1.807) is 6.07 Å². The van der Waals surface area contributed by atoms with Crippen molar-refractivity contribution < 1.29 is 5.11 Å². The molecule has 0 spiro atoms. The van der Waals surface area contributed by atoms with Gasteiger partial charge in [0.05, 0.1) is 22.4 Å². The quantitative estimate of drug-likeness (QED) is 0.689. The Bertz CT molecular complexity index is 417. The van der Waals surface area contributed by atoms with Gasteiger partial charge in [0.25, 0.3) is 0 Å². The van der Waals surface area contributed by atoms with Gasteiger partial charge >= 0.3 is 0 Å². The number of phenolic OH excluding ortho intramolecular Hbond substituents is 1. The summed E-state index contributed by atoms with van der Waals surface area (Å²) in [5.41, 5.74) is 4.25. The van der Waals surface area contributed by atoms with Crippen molar-refractivity contribution in [2.45, 2.75) is 20.8 Å². The zero-order valence-electron chi connectivity index (χ0n) is 8.50. The maximum Gasteiger partial charge on any atom is 0.120 e. The Labute approximate surface area is 82.4 Å². The number of aromatic nitrogens is 2. The Balaban J connectivity index is 2.83. The lowest BCUT2D eigenvalue weighted by Gasteiger charge is -2.04. The number of rotatable bonds is 0. The number of benzene rings is 1. The van der Waals surface area contributed by atoms with Crippen molar-refractivity contribution in [1.82, 2.24) is 9.97 Å². The highest BCUT2D eigenvalue weighted by Gasteiger charge is 2.04. The van der Waals surface area contributed by atoms with Crippen LogP contribution >= 0.6 is 0 Å². The molecule has 2 rings (SSSR count). The van der Waals surface area contributed by atoms with E-state index in [2.05, 4.69) is 9.97 Å². The Morgan fingerprint density at radius 3 is 2.00 bits per heavy atom. The van der Waals surface area contributed by atoms with Gasteiger partial charge in [0.1, 0.15) is 5.75 Å². The van der Waals surface area contributed by atoms with Crippen LogP contribution in [0, 0.1) is 20.8 Å². The predicted octanol–water partition coefficient (Wildman–Crippen LogP) is 2.26. The summed E-state index contributed by atoms with van der Waals surface area (Å²) in [7, 11) is 0. The minimum atomic E-state index is 0.273. The van der Waals surface area contributed by atoms with E-state index >= 15 is 0 Å². The Morgan fingerprint density at radius 1 is 0.929 bits per heavy atom. The molecule has 0 atom stereocenters. The molecule has 0 aliphatic carbocycles. The van der Waals surface area contributed by atoms with Crippen molar-refractivity contribution in [1.29, 1.82) is 0 Å². The topological polar surface area (TPSA) is 46.0 Å². The molecule has 72 valence electrons. The maximum atomic E-state index is 9.51. The van der Waals surface area contributed by atoms with Gasteiger partial charge in [-0.25, -0.2) is 9.97 Å². The number of phenols is 1. The highest BCUT2D eigenvalue weighted by molar-refractivity contribution is 5.77. The molecule has 3 heteroatoms. The molecule has 1 N–H and O–H groups in total. The zero-order chi connectivity index (χ0) is 10.3. The van der Waals surface area contributed by atoms with Crippen molar-refractivity contribution in [3.63, 3.8) is 0 Å². The van der Waals surface area contributed by atoms with Gasteiger partial charge in [-0.1, -0.05) is 0 Å². The highest BCUT2D eigenvalue weighted by atomic mass is 16.3. The number of hydrogen-bond acceptors (Lipinski definition) is 3. The van der Waals surface area contributed by atoms with Crippen LogP contribution in [-0.2, 0) is 0 Å². The normalized spacial score (nSPS) is 10.8. The fraction of sp³-hybridized carbons (Fsp3) is 0.273. The minimum Gasteiger partial charge on any atom is -0.508 e. The molecule has 0 bridgehead atoms. The monoisotopic (exact) mass is 188 g/mol. The smallest absolute Gasteiger partial charge is 0.120 e. The molecule has 0 fully saturated rings. The van der Waals surface area contributed by atoms with Gasteiger partial charge in [0.15, 0.2) is 0 Å². The molecule has 0 saturated heterocycles. The molecule has 3 nitrogen and oxygen atoms in total. The Morgan fingerprint density at radius 2 is 1.43 bits per heavy atom. The fourth-order valence-corrected chi connectivity index (χ4v) is 1.37. The molecular weight excluding hydrogens is 176 g/mol. The molecule has 14 heavy (non-hydrogen) atoms. The predicted molar refractivity (Wildman–Crippen MR) is 55.4 cm³/mol. The molecule has 0 aliphatic heterocycles. The van der Waals surface area contributed by atoms with E-state index < -0.39 is 0 Å². The summed E-state index contributed by atoms with van der Waals surface area (Å²) in [6.07, 6.45) is 0. The summed E-state index contributed by atoms with van der Waals surface area (Å²) in [5.74, 6) is 0.273. The number of aromatic hydroxyl groups is 1. The first-order valence-electron chi connectivity index (χ1n) is 4.52. The summed E-state index contributed by atoms with van der Waals surface area (Å²) in [6, 6.07) is 3.51. The van der Waals surface area contributed by atoms with E-state index in [-0.39, 0.29) is 5.75 Å². The minimum absolute atomic E-state index is 0.273. The number of fused-ring (bicyclic) bond motifs is 1. The second kappa shape index (κ2) is 2.94. The first kappa shape index (κ1) is 8.94. The third-order valence-corrected chi connectivity index (χ3v) is 2.39. The van der Waals surface area contributed by atoms with Gasteiger partial charge in [-0.2, -0.15) is 0 Å². The van der Waals surface area contributed by atoms with E-state index in [0.717, 1.165) is 28.0 Å². The third-order valence-electron chi connectivity index (χ3n) is 2.39. The maximum absolute atomic E-state index is 9.51. The molecule has 1 aromatic carbocycles. The van der Waals surface area contributed by atoms with E-state index in [0.29, 0.717) is 0 Å². The molecule has 0 unspecified atom stereocenters. The molecule has 1 aromatic heterocycles. The fourth-order valence-electron chi connectivity index (χ4n) is 1.37. The van der Waals surface area contributed by atoms with Crippen molar-refractivity contribution in [3.05, 3.63) is 29.1 Å². The van der Waals surface area contributed by atoms with Gasteiger partial charge in [-0.05, 0) is 32.4 Å². The average Bonchev–Trinajstić information content (AvgIpc) is 2.11. The van der Waals surface area contributed by atoms with Crippen LogP contribution in [-0.4, -0.2) is 15.1 Å². The van der Waals surface area contributed by atoms with Gasteiger partial charge in [0, 0.05) is 6.07 Å². The zero-order valence-corrected chi connectivity index (χ0v) is 8.50. The Kier molecular flexibility index (Phi) is 1.88. The van der Waals surface area contributed by atoms with Gasteiger partial charge in [-0.3, -0.25) is 0 Å². The summed E-state index contributed by atoms with van der Waals surface area (Å²) in [4.78, 5) is 8.76. The molecule has 1 heterocycles. The van der Waals surface area contributed by atoms with E-state index in [1.807, 2.05) is 26.8 Å². The van der Waals surface area contributed by atoms with Crippen LogP contribution in [0.1, 0.15) is 17.0 Å². The first-order valence-corrected chi connectivity index (χ1v) is 4.52. The average molecular weight is 188 g/mol. The number of hydrogen-bond donors (Lipinski definition) is 1. The summed E-state index contributed by atoms with van der Waals surface area (Å²) < 4.78 is 0. The van der Waals surface area contributed by atoms with Crippen LogP contribution in [0.3, 0.4) is 0 Å². The number of aryl methyl sites for hydroxylation is 3. The van der Waals surface area contributed by atoms with Gasteiger partial charge in [0.2, 0.25) is 0 Å². The second-order valence-electron chi connectivity index (χ2n) is 3.52. The first-order chi connectivity index (χ1) is 6.58. The summed E-state index contributed by atoms with van der Waals surface area (Å²) >= 11 is 0. The van der Waals surface area contributed by atoms with E-state index in [1.165, 1.54) is 0 Å². The molecule has 0 radical (unpaired) electrons. The highest BCUT2D eigenvalue weighted by Crippen LogP contribution is 2.22. The molecule has 0 amide bonds. The Hall–Kier alpha value is -1.64. The van der Waals surface area contributed by atoms with Gasteiger partial charge in [-0.15, -0.1) is 0 Å². The lowest BCUT2D eigenvalue weighted by Crippen LogP contribution is -1.93. The third kappa shape index (κ3) is 1.31.